The fraction of sp³-hybridized carbons (Fsp3) is 0. The molecule has 0 saturated carbocycles. The molecule has 4 heterocycles. The van der Waals surface area contributed by atoms with Crippen molar-refractivity contribution in [2.24, 2.45) is 0 Å². The Morgan fingerprint density at radius 3 is 1.75 bits per heavy atom. The summed E-state index contributed by atoms with van der Waals surface area (Å²) in [6, 6.07) is 22.0. The standard InChI is InChI=1S/C45H27N5O/c1-2-13-28(14-3-1)30-19-12-24-40-42(30)35-26-25-29(27-41(35)51-40)43-46-44(49-36-20-8-4-15-31(36)32-16-5-9-21-37(32)49)48-45(47-43)50-38-22-10-6-17-33(38)34-18-7-11-23-39(34)50/h1-27H/i4D,6D,8D,9D,10D,11D,16D,18D,20D,21D,22D,23D. The number of para-hydroxylation sites is 4. The lowest BCUT2D eigenvalue weighted by molar-refractivity contribution is 0.669. The molecule has 0 aliphatic carbocycles. The van der Waals surface area contributed by atoms with Crippen molar-refractivity contribution in [2.45, 2.75) is 0 Å². The molecule has 6 nitrogen and oxygen atoms in total. The molecule has 238 valence electrons. The molecule has 4 aromatic heterocycles. The van der Waals surface area contributed by atoms with Crippen LogP contribution in [0.2, 0.25) is 0 Å². The van der Waals surface area contributed by atoms with E-state index in [2.05, 4.69) is 0 Å². The molecule has 11 rings (SSSR count). The van der Waals surface area contributed by atoms with Gasteiger partial charge in [-0.2, -0.15) is 15.0 Å². The number of fused-ring (bicyclic) bond motifs is 9. The number of aromatic nitrogens is 5. The topological polar surface area (TPSA) is 61.7 Å². The van der Waals surface area contributed by atoms with E-state index in [4.69, 9.17) is 35.8 Å². The summed E-state index contributed by atoms with van der Waals surface area (Å²) < 4.78 is 115. The van der Waals surface area contributed by atoms with E-state index in [0.29, 0.717) is 16.7 Å². The van der Waals surface area contributed by atoms with Gasteiger partial charge in [0.25, 0.3) is 0 Å². The molecular weight excluding hydrogens is 627 g/mol. The smallest absolute Gasteiger partial charge is 0.240 e. The fourth-order valence-corrected chi connectivity index (χ4v) is 6.98. The summed E-state index contributed by atoms with van der Waals surface area (Å²) in [5, 5.41) is 2.26. The van der Waals surface area contributed by atoms with Gasteiger partial charge in [-0.3, -0.25) is 9.13 Å². The van der Waals surface area contributed by atoms with Crippen LogP contribution in [0.5, 0.6) is 0 Å². The Labute approximate surface area is 308 Å². The van der Waals surface area contributed by atoms with E-state index < -0.39 is 24.2 Å². The molecule has 11 aromatic rings. The molecule has 0 saturated heterocycles. The zero-order valence-corrected chi connectivity index (χ0v) is 26.3. The largest absolute Gasteiger partial charge is 0.456 e. The van der Waals surface area contributed by atoms with Crippen molar-refractivity contribution in [3.8, 4) is 34.4 Å². The van der Waals surface area contributed by atoms with Crippen LogP contribution in [0.1, 0.15) is 16.4 Å². The molecule has 0 aliphatic rings. The van der Waals surface area contributed by atoms with E-state index in [1.807, 2.05) is 54.6 Å². The molecule has 6 heteroatoms. The van der Waals surface area contributed by atoms with E-state index >= 15 is 0 Å². The lowest BCUT2D eigenvalue weighted by atomic mass is 9.99. The van der Waals surface area contributed by atoms with E-state index in [1.54, 1.807) is 12.1 Å². The molecule has 0 N–H and O–H groups in total. The first kappa shape index (κ1) is 18.6. The third-order valence-corrected chi connectivity index (χ3v) is 9.17. The normalized spacial score (nSPS) is 15.2. The SMILES string of the molecule is [2H]c1cc2c3c([2H])cc([2H])c([2H])c3n(-c3nc(-c4ccc5c(c4)oc4cccc(-c6ccccc6)c45)nc(-n4c5c([2H])c([2H])c([2H])cc5c5c([2H])cc([2H])c([2H])c54)n3)c2c([2H])c1[2H]. The molecule has 0 unspecified atom stereocenters. The van der Waals surface area contributed by atoms with Crippen molar-refractivity contribution in [2.75, 3.05) is 0 Å². The second-order valence-corrected chi connectivity index (χ2v) is 12.0. The number of hydrogen-bond donors (Lipinski definition) is 0. The van der Waals surface area contributed by atoms with Gasteiger partial charge in [-0.1, -0.05) is 121 Å². The molecule has 0 amide bonds. The summed E-state index contributed by atoms with van der Waals surface area (Å²) in [6.45, 7) is 0. The molecule has 0 fully saturated rings. The van der Waals surface area contributed by atoms with Crippen LogP contribution in [0.4, 0.5) is 0 Å². The van der Waals surface area contributed by atoms with E-state index in [9.17, 15) is 0 Å². The summed E-state index contributed by atoms with van der Waals surface area (Å²) >= 11 is 0. The number of furan rings is 1. The monoisotopic (exact) mass is 665 g/mol. The van der Waals surface area contributed by atoms with Gasteiger partial charge in [0.1, 0.15) is 11.2 Å². The van der Waals surface area contributed by atoms with E-state index in [-0.39, 0.29) is 110 Å². The molecule has 0 radical (unpaired) electrons. The number of hydrogen-bond acceptors (Lipinski definition) is 4. The van der Waals surface area contributed by atoms with Crippen LogP contribution in [-0.4, -0.2) is 24.1 Å². The molecule has 7 aromatic carbocycles. The first-order chi connectivity index (χ1) is 30.2. The van der Waals surface area contributed by atoms with Gasteiger partial charge < -0.3 is 4.42 Å². The maximum absolute atomic E-state index is 9.13. The molecule has 0 bridgehead atoms. The predicted octanol–water partition coefficient (Wildman–Crippen LogP) is 11.3. The van der Waals surface area contributed by atoms with Gasteiger partial charge in [0.05, 0.1) is 38.5 Å². The Bertz CT molecular complexity index is 3680. The van der Waals surface area contributed by atoms with Crippen molar-refractivity contribution < 1.29 is 20.9 Å². The zero-order valence-electron chi connectivity index (χ0n) is 38.3. The minimum Gasteiger partial charge on any atom is -0.456 e. The predicted molar refractivity (Wildman–Crippen MR) is 207 cm³/mol. The van der Waals surface area contributed by atoms with Crippen LogP contribution in [0.3, 0.4) is 0 Å². The van der Waals surface area contributed by atoms with Gasteiger partial charge in [0.15, 0.2) is 5.82 Å². The van der Waals surface area contributed by atoms with Crippen molar-refractivity contribution in [1.82, 2.24) is 24.1 Å². The maximum atomic E-state index is 9.13. The van der Waals surface area contributed by atoms with Crippen LogP contribution in [0.15, 0.2) is 168 Å². The lowest BCUT2D eigenvalue weighted by Gasteiger charge is -2.12. The average molecular weight is 666 g/mol. The summed E-state index contributed by atoms with van der Waals surface area (Å²) in [7, 11) is 0. The molecule has 51 heavy (non-hydrogen) atoms. The molecular formula is C45H27N5O. The van der Waals surface area contributed by atoms with Crippen molar-refractivity contribution in [3.63, 3.8) is 0 Å². The Hall–Kier alpha value is -7.05. The van der Waals surface area contributed by atoms with Gasteiger partial charge in [0, 0.05) is 37.9 Å². The average Bonchev–Trinajstić information content (AvgIpc) is 3.94. The highest BCUT2D eigenvalue weighted by Gasteiger charge is 2.21. The number of rotatable bonds is 4. The van der Waals surface area contributed by atoms with Crippen molar-refractivity contribution in [1.29, 1.82) is 0 Å². The van der Waals surface area contributed by atoms with Crippen LogP contribution >= 0.6 is 0 Å². The van der Waals surface area contributed by atoms with Crippen LogP contribution in [0, 0.1) is 0 Å². The zero-order chi connectivity index (χ0) is 43.9. The highest BCUT2D eigenvalue weighted by Crippen LogP contribution is 2.39. The van der Waals surface area contributed by atoms with Crippen molar-refractivity contribution >= 4 is 65.6 Å². The van der Waals surface area contributed by atoms with E-state index in [1.165, 1.54) is 33.4 Å². The molecule has 0 spiro atoms. The second-order valence-electron chi connectivity index (χ2n) is 12.0. The minimum absolute atomic E-state index is 0.0190. The highest BCUT2D eigenvalue weighted by atomic mass is 16.3. The van der Waals surface area contributed by atoms with Gasteiger partial charge in [0.2, 0.25) is 11.9 Å². The van der Waals surface area contributed by atoms with Crippen LogP contribution in [0.25, 0.3) is 100.0 Å². The van der Waals surface area contributed by atoms with Gasteiger partial charge in [-0.25, -0.2) is 0 Å². The minimum atomic E-state index is -0.448. The number of benzene rings is 7. The molecule has 0 aliphatic heterocycles. The van der Waals surface area contributed by atoms with Gasteiger partial charge in [-0.15, -0.1) is 0 Å². The lowest BCUT2D eigenvalue weighted by Crippen LogP contribution is -2.10. The summed E-state index contributed by atoms with van der Waals surface area (Å²) in [4.78, 5) is 14.7. The van der Waals surface area contributed by atoms with Gasteiger partial charge >= 0.3 is 0 Å². The van der Waals surface area contributed by atoms with Crippen molar-refractivity contribution in [3.05, 3.63) is 164 Å². The molecule has 0 atom stereocenters. The maximum Gasteiger partial charge on any atom is 0.240 e. The first-order valence-corrected chi connectivity index (χ1v) is 16.0. The Kier molecular flexibility index (Phi) is 3.92. The van der Waals surface area contributed by atoms with Crippen LogP contribution < -0.4 is 0 Å². The van der Waals surface area contributed by atoms with Gasteiger partial charge in [-0.05, 0) is 53.5 Å². The Morgan fingerprint density at radius 1 is 0.451 bits per heavy atom. The first-order valence-electron chi connectivity index (χ1n) is 22.0. The Morgan fingerprint density at radius 2 is 1.08 bits per heavy atom. The quantitative estimate of drug-likeness (QED) is 0.188. The number of nitrogens with zero attached hydrogens (tertiary/aromatic N) is 5. The third kappa shape index (κ3) is 4.14. The van der Waals surface area contributed by atoms with Crippen LogP contribution in [-0.2, 0) is 0 Å². The summed E-state index contributed by atoms with van der Waals surface area (Å²) in [5.41, 5.74) is 3.28. The Balaban J connectivity index is 1.29. The fourth-order valence-electron chi connectivity index (χ4n) is 6.98. The van der Waals surface area contributed by atoms with E-state index in [0.717, 1.165) is 21.9 Å². The summed E-state index contributed by atoms with van der Waals surface area (Å²) in [6.07, 6.45) is 0. The highest BCUT2D eigenvalue weighted by molar-refractivity contribution is 6.13. The second kappa shape index (κ2) is 10.7. The third-order valence-electron chi connectivity index (χ3n) is 9.17. The summed E-state index contributed by atoms with van der Waals surface area (Å²) in [5.74, 6) is -0.548.